The number of halogens is 1. The van der Waals surface area contributed by atoms with E-state index in [-0.39, 0.29) is 42.8 Å². The van der Waals surface area contributed by atoms with Crippen LogP contribution in [0.1, 0.15) is 32.1 Å². The first-order valence-electron chi connectivity index (χ1n) is 8.99. The highest BCUT2D eigenvalue weighted by Gasteiger charge is 2.19. The smallest absolute Gasteiger partial charge is 0.248 e. The van der Waals surface area contributed by atoms with Crippen LogP contribution in [-0.2, 0) is 20.9 Å². The average Bonchev–Trinajstić information content (AvgIpc) is 2.86. The van der Waals surface area contributed by atoms with Crippen LogP contribution in [0.25, 0.3) is 0 Å². The van der Waals surface area contributed by atoms with Gasteiger partial charge in [-0.2, -0.15) is 0 Å². The zero-order chi connectivity index (χ0) is 17.5. The summed E-state index contributed by atoms with van der Waals surface area (Å²) in [5, 5.41) is 10.1. The molecular weight excluding hydrogens is 360 g/mol. The summed E-state index contributed by atoms with van der Waals surface area (Å²) in [6.07, 6.45) is 6.27. The molecule has 0 saturated carbocycles. The minimum Gasteiger partial charge on any atom is -0.378 e. The lowest BCUT2D eigenvalue weighted by molar-refractivity contribution is -0.132. The highest BCUT2D eigenvalue weighted by Crippen LogP contribution is 2.10. The van der Waals surface area contributed by atoms with E-state index in [1.165, 1.54) is 23.9 Å². The maximum absolute atomic E-state index is 12.3. The van der Waals surface area contributed by atoms with E-state index < -0.39 is 0 Å². The van der Waals surface area contributed by atoms with E-state index in [1.54, 1.807) is 0 Å². The van der Waals surface area contributed by atoms with Crippen molar-refractivity contribution in [1.82, 2.24) is 25.0 Å². The van der Waals surface area contributed by atoms with Crippen molar-refractivity contribution in [2.45, 2.75) is 44.7 Å². The number of hydrogen-bond donors (Lipinski definition) is 2. The molecule has 0 aliphatic carbocycles. The molecule has 2 N–H and O–H groups in total. The van der Waals surface area contributed by atoms with Gasteiger partial charge in [-0.15, -0.1) is 17.5 Å². The zero-order valence-electron chi connectivity index (χ0n) is 14.9. The van der Waals surface area contributed by atoms with Crippen LogP contribution >= 0.6 is 12.4 Å². The SMILES string of the molecule is Cl.O=C(CC1COCCN1)Nc1ncn(CC(=O)N2CCCCCC2)n1. The Balaban J connectivity index is 0.00000243. The fourth-order valence-electron chi connectivity index (χ4n) is 3.14. The first-order valence-corrected chi connectivity index (χ1v) is 8.99. The van der Waals surface area contributed by atoms with Gasteiger partial charge in [-0.1, -0.05) is 12.8 Å². The van der Waals surface area contributed by atoms with Gasteiger partial charge < -0.3 is 15.0 Å². The van der Waals surface area contributed by atoms with E-state index in [9.17, 15) is 9.59 Å². The molecule has 10 heteroatoms. The molecule has 0 spiro atoms. The van der Waals surface area contributed by atoms with Crippen molar-refractivity contribution >= 4 is 30.2 Å². The molecule has 146 valence electrons. The molecule has 1 aromatic heterocycles. The maximum atomic E-state index is 12.3. The lowest BCUT2D eigenvalue weighted by atomic mass is 10.2. The molecule has 1 unspecified atom stereocenters. The van der Waals surface area contributed by atoms with Crippen molar-refractivity contribution in [3.63, 3.8) is 0 Å². The van der Waals surface area contributed by atoms with E-state index in [0.29, 0.717) is 19.6 Å². The van der Waals surface area contributed by atoms with E-state index in [0.717, 1.165) is 32.5 Å². The van der Waals surface area contributed by atoms with Crippen LogP contribution in [0.2, 0.25) is 0 Å². The topological polar surface area (TPSA) is 101 Å². The number of carbonyl (C=O) groups is 2. The first-order chi connectivity index (χ1) is 12.2. The number of morpholine rings is 1. The standard InChI is InChI=1S/C16H26N6O3.ClH/c23-14(9-13-11-25-8-5-17-13)19-16-18-12-22(20-16)10-15(24)21-6-3-1-2-4-7-21;/h12-13,17H,1-11H2,(H,19,20,23);1H. The average molecular weight is 387 g/mol. The third-order valence-electron chi connectivity index (χ3n) is 4.47. The number of amides is 2. The molecule has 2 amide bonds. The fraction of sp³-hybridized carbons (Fsp3) is 0.750. The summed E-state index contributed by atoms with van der Waals surface area (Å²) in [5.74, 6) is 0.109. The second kappa shape index (κ2) is 10.4. The quantitative estimate of drug-likeness (QED) is 0.760. The number of anilines is 1. The van der Waals surface area contributed by atoms with E-state index >= 15 is 0 Å². The van der Waals surface area contributed by atoms with E-state index in [2.05, 4.69) is 20.7 Å². The Bertz CT molecular complexity index is 582. The highest BCUT2D eigenvalue weighted by atomic mass is 35.5. The van der Waals surface area contributed by atoms with Gasteiger partial charge in [-0.05, 0) is 12.8 Å². The largest absolute Gasteiger partial charge is 0.378 e. The van der Waals surface area contributed by atoms with Gasteiger partial charge in [-0.3, -0.25) is 14.9 Å². The van der Waals surface area contributed by atoms with Gasteiger partial charge in [0.1, 0.15) is 12.9 Å². The number of carbonyl (C=O) groups excluding carboxylic acids is 2. The molecule has 0 radical (unpaired) electrons. The monoisotopic (exact) mass is 386 g/mol. The third-order valence-corrected chi connectivity index (χ3v) is 4.47. The van der Waals surface area contributed by atoms with Gasteiger partial charge in [0, 0.05) is 32.1 Å². The Morgan fingerprint density at radius 3 is 2.73 bits per heavy atom. The first kappa shape index (κ1) is 20.6. The summed E-state index contributed by atoms with van der Waals surface area (Å²) in [5.41, 5.74) is 0. The molecule has 2 aliphatic heterocycles. The van der Waals surface area contributed by atoms with Gasteiger partial charge >= 0.3 is 0 Å². The van der Waals surface area contributed by atoms with Gasteiger partial charge in [0.15, 0.2) is 0 Å². The Hall–Kier alpha value is -1.71. The lowest BCUT2D eigenvalue weighted by Crippen LogP contribution is -2.43. The van der Waals surface area contributed by atoms with Crippen molar-refractivity contribution in [2.24, 2.45) is 0 Å². The molecule has 2 aliphatic rings. The second-order valence-electron chi connectivity index (χ2n) is 6.54. The predicted molar refractivity (Wildman–Crippen MR) is 98.2 cm³/mol. The van der Waals surface area contributed by atoms with Crippen molar-refractivity contribution in [1.29, 1.82) is 0 Å². The molecule has 1 atom stereocenters. The van der Waals surface area contributed by atoms with Crippen LogP contribution in [0.3, 0.4) is 0 Å². The number of rotatable bonds is 5. The second-order valence-corrected chi connectivity index (χ2v) is 6.54. The van der Waals surface area contributed by atoms with Gasteiger partial charge in [0.2, 0.25) is 17.8 Å². The maximum Gasteiger partial charge on any atom is 0.248 e. The van der Waals surface area contributed by atoms with Gasteiger partial charge in [0.05, 0.1) is 13.2 Å². The normalized spacial score (nSPS) is 20.8. The Labute approximate surface area is 159 Å². The van der Waals surface area contributed by atoms with Gasteiger partial charge in [0.25, 0.3) is 0 Å². The minimum absolute atomic E-state index is 0. The summed E-state index contributed by atoms with van der Waals surface area (Å²) < 4.78 is 6.80. The number of aromatic nitrogens is 3. The number of hydrogen-bond acceptors (Lipinski definition) is 6. The fourth-order valence-corrected chi connectivity index (χ4v) is 3.14. The van der Waals surface area contributed by atoms with Crippen LogP contribution in [0.5, 0.6) is 0 Å². The number of nitrogens with one attached hydrogen (secondary N) is 2. The molecule has 0 bridgehead atoms. The number of nitrogens with zero attached hydrogens (tertiary/aromatic N) is 4. The number of likely N-dealkylation sites (tertiary alicyclic amines) is 1. The summed E-state index contributed by atoms with van der Waals surface area (Å²) >= 11 is 0. The predicted octanol–water partition coefficient (Wildman–Crippen LogP) is 0.419. The molecule has 3 heterocycles. The van der Waals surface area contributed by atoms with Gasteiger partial charge in [-0.25, -0.2) is 9.67 Å². The van der Waals surface area contributed by atoms with Crippen LogP contribution in [0, 0.1) is 0 Å². The highest BCUT2D eigenvalue weighted by molar-refractivity contribution is 5.89. The van der Waals surface area contributed by atoms with Crippen molar-refractivity contribution in [3.05, 3.63) is 6.33 Å². The molecule has 2 saturated heterocycles. The third kappa shape index (κ3) is 6.22. The molecule has 0 aromatic carbocycles. The summed E-state index contributed by atoms with van der Waals surface area (Å²) in [7, 11) is 0. The summed E-state index contributed by atoms with van der Waals surface area (Å²) in [6.45, 7) is 3.74. The minimum atomic E-state index is -0.167. The van der Waals surface area contributed by atoms with E-state index in [1.807, 2.05) is 4.90 Å². The summed E-state index contributed by atoms with van der Waals surface area (Å²) in [4.78, 5) is 30.3. The van der Waals surface area contributed by atoms with Crippen LogP contribution < -0.4 is 10.6 Å². The summed E-state index contributed by atoms with van der Waals surface area (Å²) in [6, 6.07) is 0.0143. The van der Waals surface area contributed by atoms with E-state index in [4.69, 9.17) is 4.74 Å². The molecule has 9 nitrogen and oxygen atoms in total. The lowest BCUT2D eigenvalue weighted by Gasteiger charge is -2.22. The van der Waals surface area contributed by atoms with Crippen molar-refractivity contribution in [2.75, 3.05) is 38.2 Å². The van der Waals surface area contributed by atoms with Crippen LogP contribution in [0.4, 0.5) is 5.95 Å². The Morgan fingerprint density at radius 2 is 2.04 bits per heavy atom. The van der Waals surface area contributed by atoms with Crippen LogP contribution in [-0.4, -0.2) is 70.4 Å². The van der Waals surface area contributed by atoms with Crippen molar-refractivity contribution < 1.29 is 14.3 Å². The Morgan fingerprint density at radius 1 is 1.27 bits per heavy atom. The molecule has 1 aromatic rings. The van der Waals surface area contributed by atoms with Crippen molar-refractivity contribution in [3.8, 4) is 0 Å². The Kier molecular flexibility index (Phi) is 8.27. The molecule has 3 rings (SSSR count). The molecular formula is C16H27ClN6O3. The van der Waals surface area contributed by atoms with Crippen LogP contribution in [0.15, 0.2) is 6.33 Å². The number of ether oxygens (including phenoxy) is 1. The molecule has 26 heavy (non-hydrogen) atoms. The molecule has 2 fully saturated rings. The zero-order valence-corrected chi connectivity index (χ0v) is 15.7.